The van der Waals surface area contributed by atoms with Gasteiger partial charge in [0.15, 0.2) is 0 Å². The molecular weight excluding hydrogens is 216 g/mol. The molecule has 0 spiro atoms. The summed E-state index contributed by atoms with van der Waals surface area (Å²) >= 11 is 3.40. The lowest BCUT2D eigenvalue weighted by Gasteiger charge is -1.98. The Hall–Kier alpha value is -0.340. The van der Waals surface area contributed by atoms with Crippen molar-refractivity contribution in [2.75, 3.05) is 6.61 Å². The lowest BCUT2D eigenvalue weighted by Crippen LogP contribution is -1.87. The van der Waals surface area contributed by atoms with E-state index >= 15 is 0 Å². The first-order chi connectivity index (χ1) is 5.81. The van der Waals surface area contributed by atoms with Crippen LogP contribution in [-0.2, 0) is 0 Å². The molecule has 64 valence electrons. The highest BCUT2D eigenvalue weighted by atomic mass is 79.9. The van der Waals surface area contributed by atoms with E-state index in [4.69, 9.17) is 5.11 Å². The van der Waals surface area contributed by atoms with Gasteiger partial charge >= 0.3 is 0 Å². The number of rotatable bonds is 2. The fourth-order valence-electron chi connectivity index (χ4n) is 1.57. The Morgan fingerprint density at radius 2 is 2.00 bits per heavy atom. The van der Waals surface area contributed by atoms with Crippen LogP contribution in [0.25, 0.3) is 0 Å². The van der Waals surface area contributed by atoms with Crippen molar-refractivity contribution < 1.29 is 5.11 Å². The van der Waals surface area contributed by atoms with Crippen LogP contribution in [0.2, 0.25) is 0 Å². The number of aliphatic hydroxyl groups is 1. The Bertz CT molecular complexity index is 268. The van der Waals surface area contributed by atoms with Gasteiger partial charge in [-0.05, 0) is 36.0 Å². The molecule has 0 amide bonds. The minimum Gasteiger partial charge on any atom is -0.396 e. The number of aliphatic hydroxyl groups excluding tert-OH is 1. The van der Waals surface area contributed by atoms with Crippen molar-refractivity contribution in [1.82, 2.24) is 0 Å². The van der Waals surface area contributed by atoms with Crippen LogP contribution in [0.5, 0.6) is 0 Å². The van der Waals surface area contributed by atoms with Gasteiger partial charge in [-0.1, -0.05) is 28.1 Å². The summed E-state index contributed by atoms with van der Waals surface area (Å²) in [6, 6.07) is 8.37. The normalized spacial score (nSPS) is 27.2. The van der Waals surface area contributed by atoms with Crippen molar-refractivity contribution in [3.8, 4) is 0 Å². The molecule has 1 saturated carbocycles. The first-order valence-corrected chi connectivity index (χ1v) is 4.97. The molecule has 0 saturated heterocycles. The van der Waals surface area contributed by atoms with Crippen LogP contribution in [0.4, 0.5) is 0 Å². The molecule has 1 fully saturated rings. The minimum absolute atomic E-state index is 0.334. The van der Waals surface area contributed by atoms with Crippen LogP contribution in [0.1, 0.15) is 17.9 Å². The molecule has 1 N–H and O–H groups in total. The minimum atomic E-state index is 0.334. The van der Waals surface area contributed by atoms with E-state index in [1.165, 1.54) is 5.56 Å². The van der Waals surface area contributed by atoms with E-state index in [2.05, 4.69) is 40.2 Å². The van der Waals surface area contributed by atoms with E-state index in [-0.39, 0.29) is 0 Å². The van der Waals surface area contributed by atoms with Crippen molar-refractivity contribution in [2.45, 2.75) is 12.3 Å². The maximum Gasteiger partial charge on any atom is 0.0465 e. The average molecular weight is 227 g/mol. The summed E-state index contributed by atoms with van der Waals surface area (Å²) < 4.78 is 1.12. The lowest BCUT2D eigenvalue weighted by atomic mass is 10.1. The molecule has 2 atom stereocenters. The van der Waals surface area contributed by atoms with Crippen LogP contribution in [0.15, 0.2) is 28.7 Å². The summed E-state index contributed by atoms with van der Waals surface area (Å²) in [6.07, 6.45) is 1.15. The van der Waals surface area contributed by atoms with E-state index in [1.54, 1.807) is 0 Å². The second-order valence-electron chi connectivity index (χ2n) is 3.34. The van der Waals surface area contributed by atoms with E-state index < -0.39 is 0 Å². The van der Waals surface area contributed by atoms with Gasteiger partial charge in [0.1, 0.15) is 0 Å². The summed E-state index contributed by atoms with van der Waals surface area (Å²) in [4.78, 5) is 0. The average Bonchev–Trinajstić information content (AvgIpc) is 2.85. The second kappa shape index (κ2) is 3.19. The molecule has 1 nitrogen and oxygen atoms in total. The van der Waals surface area contributed by atoms with Gasteiger partial charge in [0.25, 0.3) is 0 Å². The van der Waals surface area contributed by atoms with Gasteiger partial charge < -0.3 is 5.11 Å². The highest BCUT2D eigenvalue weighted by Crippen LogP contribution is 2.46. The molecule has 0 bridgehead atoms. The maximum atomic E-state index is 8.88. The molecule has 1 aliphatic carbocycles. The summed E-state index contributed by atoms with van der Waals surface area (Å²) in [5.74, 6) is 1.13. The SMILES string of the molecule is OC[C@@H]1C[C@@H]1c1ccc(Br)cc1. The van der Waals surface area contributed by atoms with Gasteiger partial charge in [-0.25, -0.2) is 0 Å². The van der Waals surface area contributed by atoms with Gasteiger partial charge in [0, 0.05) is 11.1 Å². The Kier molecular flexibility index (Phi) is 2.20. The van der Waals surface area contributed by atoms with Gasteiger partial charge in [-0.2, -0.15) is 0 Å². The van der Waals surface area contributed by atoms with Gasteiger partial charge in [0.05, 0.1) is 0 Å². The third kappa shape index (κ3) is 1.54. The predicted octanol–water partition coefficient (Wildman–Crippen LogP) is 2.54. The van der Waals surface area contributed by atoms with Crippen LogP contribution >= 0.6 is 15.9 Å². The Morgan fingerprint density at radius 3 is 2.50 bits per heavy atom. The topological polar surface area (TPSA) is 20.2 Å². The molecule has 1 aromatic rings. The fourth-order valence-corrected chi connectivity index (χ4v) is 1.83. The van der Waals surface area contributed by atoms with Gasteiger partial charge in [-0.3, -0.25) is 0 Å². The Labute approximate surface area is 80.5 Å². The summed E-state index contributed by atoms with van der Waals surface area (Å²) in [5, 5.41) is 8.88. The van der Waals surface area contributed by atoms with Crippen molar-refractivity contribution in [3.63, 3.8) is 0 Å². The quantitative estimate of drug-likeness (QED) is 0.823. The molecule has 0 radical (unpaired) electrons. The van der Waals surface area contributed by atoms with E-state index in [9.17, 15) is 0 Å². The Morgan fingerprint density at radius 1 is 1.33 bits per heavy atom. The zero-order chi connectivity index (χ0) is 8.55. The van der Waals surface area contributed by atoms with E-state index in [0.717, 1.165) is 10.9 Å². The van der Waals surface area contributed by atoms with E-state index in [0.29, 0.717) is 18.4 Å². The smallest absolute Gasteiger partial charge is 0.0465 e. The van der Waals surface area contributed by atoms with Crippen LogP contribution < -0.4 is 0 Å². The molecule has 0 heterocycles. The first-order valence-electron chi connectivity index (χ1n) is 4.17. The highest BCUT2D eigenvalue weighted by molar-refractivity contribution is 9.10. The molecule has 2 rings (SSSR count). The second-order valence-corrected chi connectivity index (χ2v) is 4.25. The molecule has 0 unspecified atom stereocenters. The van der Waals surface area contributed by atoms with Crippen LogP contribution in [-0.4, -0.2) is 11.7 Å². The summed E-state index contributed by atoms with van der Waals surface area (Å²) in [7, 11) is 0. The molecule has 12 heavy (non-hydrogen) atoms. The van der Waals surface area contributed by atoms with Crippen molar-refractivity contribution in [3.05, 3.63) is 34.3 Å². The monoisotopic (exact) mass is 226 g/mol. The third-order valence-corrected chi connectivity index (χ3v) is 2.98. The molecule has 1 aliphatic rings. The van der Waals surface area contributed by atoms with E-state index in [1.807, 2.05) is 0 Å². The first kappa shape index (κ1) is 8.27. The fraction of sp³-hybridized carbons (Fsp3) is 0.400. The largest absolute Gasteiger partial charge is 0.396 e. The highest BCUT2D eigenvalue weighted by Gasteiger charge is 2.37. The molecule has 1 aromatic carbocycles. The number of hydrogen-bond acceptors (Lipinski definition) is 1. The molecule has 0 aliphatic heterocycles. The van der Waals surface area contributed by atoms with Gasteiger partial charge in [0.2, 0.25) is 0 Å². The zero-order valence-corrected chi connectivity index (χ0v) is 8.29. The van der Waals surface area contributed by atoms with Crippen molar-refractivity contribution >= 4 is 15.9 Å². The van der Waals surface area contributed by atoms with Crippen LogP contribution in [0, 0.1) is 5.92 Å². The number of hydrogen-bond donors (Lipinski definition) is 1. The standard InChI is InChI=1S/C10H11BrO/c11-9-3-1-7(2-4-9)10-5-8(10)6-12/h1-4,8,10,12H,5-6H2/t8-,10+/m0/s1. The van der Waals surface area contributed by atoms with Gasteiger partial charge in [-0.15, -0.1) is 0 Å². The molecule has 2 heteroatoms. The van der Waals surface area contributed by atoms with Crippen molar-refractivity contribution in [1.29, 1.82) is 0 Å². The number of halogens is 1. The van der Waals surface area contributed by atoms with Crippen molar-refractivity contribution in [2.24, 2.45) is 5.92 Å². The Balaban J connectivity index is 2.10. The maximum absolute atomic E-state index is 8.88. The number of benzene rings is 1. The summed E-state index contributed by atoms with van der Waals surface area (Å²) in [6.45, 7) is 0.334. The summed E-state index contributed by atoms with van der Waals surface area (Å²) in [5.41, 5.74) is 1.36. The van der Waals surface area contributed by atoms with Crippen LogP contribution in [0.3, 0.4) is 0 Å². The zero-order valence-electron chi connectivity index (χ0n) is 6.70. The predicted molar refractivity (Wildman–Crippen MR) is 52.1 cm³/mol. The lowest BCUT2D eigenvalue weighted by molar-refractivity contribution is 0.274. The molecular formula is C10H11BrO. The molecule has 0 aromatic heterocycles. The third-order valence-electron chi connectivity index (χ3n) is 2.46.